The van der Waals surface area contributed by atoms with E-state index in [-0.39, 0.29) is 0 Å². The highest BCUT2D eigenvalue weighted by molar-refractivity contribution is 5.92. The standard InChI is InChI=1S/C14H12N4O/c1-9-12(10-5-3-2-4-6-10)14-16-7-11(13(15)19)8-18(14)17-9/h2-8H,1H3,(H2,15,19). The molecule has 94 valence electrons. The first-order valence-corrected chi connectivity index (χ1v) is 5.87. The fraction of sp³-hybridized carbons (Fsp3) is 0.0714. The quantitative estimate of drug-likeness (QED) is 0.755. The maximum absolute atomic E-state index is 11.1. The van der Waals surface area contributed by atoms with Crippen molar-refractivity contribution < 1.29 is 4.79 Å². The van der Waals surface area contributed by atoms with E-state index in [0.717, 1.165) is 16.8 Å². The first kappa shape index (κ1) is 11.4. The lowest BCUT2D eigenvalue weighted by atomic mass is 10.1. The van der Waals surface area contributed by atoms with E-state index in [1.165, 1.54) is 6.20 Å². The topological polar surface area (TPSA) is 73.3 Å². The van der Waals surface area contributed by atoms with E-state index in [9.17, 15) is 4.79 Å². The second kappa shape index (κ2) is 4.20. The minimum absolute atomic E-state index is 0.342. The van der Waals surface area contributed by atoms with Gasteiger partial charge in [-0.2, -0.15) is 5.10 Å². The summed E-state index contributed by atoms with van der Waals surface area (Å²) in [5.41, 5.74) is 9.18. The number of hydrogen-bond donors (Lipinski definition) is 1. The maximum atomic E-state index is 11.1. The van der Waals surface area contributed by atoms with Crippen LogP contribution in [0.4, 0.5) is 0 Å². The molecule has 19 heavy (non-hydrogen) atoms. The van der Waals surface area contributed by atoms with Gasteiger partial charge in [0.1, 0.15) is 0 Å². The largest absolute Gasteiger partial charge is 0.366 e. The summed E-state index contributed by atoms with van der Waals surface area (Å²) < 4.78 is 1.60. The van der Waals surface area contributed by atoms with Crippen molar-refractivity contribution in [2.75, 3.05) is 0 Å². The molecule has 0 fully saturated rings. The van der Waals surface area contributed by atoms with Gasteiger partial charge in [-0.1, -0.05) is 30.3 Å². The van der Waals surface area contributed by atoms with E-state index < -0.39 is 5.91 Å². The van der Waals surface area contributed by atoms with E-state index in [0.29, 0.717) is 11.2 Å². The smallest absolute Gasteiger partial charge is 0.251 e. The lowest BCUT2D eigenvalue weighted by molar-refractivity contribution is 0.0999. The highest BCUT2D eigenvalue weighted by atomic mass is 16.1. The molecule has 0 atom stereocenters. The summed E-state index contributed by atoms with van der Waals surface area (Å²) in [6, 6.07) is 9.91. The molecule has 3 aromatic rings. The Morgan fingerprint density at radius 3 is 2.68 bits per heavy atom. The molecule has 5 nitrogen and oxygen atoms in total. The summed E-state index contributed by atoms with van der Waals surface area (Å²) in [5, 5.41) is 4.38. The Balaban J connectivity index is 2.27. The Labute approximate surface area is 109 Å². The molecule has 3 rings (SSSR count). The van der Waals surface area contributed by atoms with Crippen LogP contribution in [0.25, 0.3) is 16.8 Å². The number of nitrogens with zero attached hydrogens (tertiary/aromatic N) is 3. The van der Waals surface area contributed by atoms with Crippen LogP contribution >= 0.6 is 0 Å². The third-order valence-corrected chi connectivity index (χ3v) is 2.99. The lowest BCUT2D eigenvalue weighted by Gasteiger charge is -2.00. The Hall–Kier alpha value is -2.69. The molecule has 0 saturated heterocycles. The SMILES string of the molecule is Cc1nn2cc(C(N)=O)cnc2c1-c1ccccc1. The van der Waals surface area contributed by atoms with Gasteiger partial charge in [-0.3, -0.25) is 4.79 Å². The second-order valence-corrected chi connectivity index (χ2v) is 4.30. The van der Waals surface area contributed by atoms with Crippen molar-refractivity contribution in [2.45, 2.75) is 6.92 Å². The fourth-order valence-corrected chi connectivity index (χ4v) is 2.11. The number of aromatic nitrogens is 3. The Morgan fingerprint density at radius 2 is 2.00 bits per heavy atom. The first-order chi connectivity index (χ1) is 9.16. The monoisotopic (exact) mass is 252 g/mol. The number of amides is 1. The summed E-state index contributed by atoms with van der Waals surface area (Å²) in [4.78, 5) is 15.4. The van der Waals surface area contributed by atoms with E-state index in [1.807, 2.05) is 37.3 Å². The predicted molar refractivity (Wildman–Crippen MR) is 71.7 cm³/mol. The van der Waals surface area contributed by atoms with Crippen LogP contribution in [-0.2, 0) is 0 Å². The van der Waals surface area contributed by atoms with Gasteiger partial charge in [0.05, 0.1) is 11.3 Å². The number of rotatable bonds is 2. The molecule has 0 aliphatic carbocycles. The fourth-order valence-electron chi connectivity index (χ4n) is 2.11. The minimum atomic E-state index is -0.510. The van der Waals surface area contributed by atoms with Gasteiger partial charge in [0, 0.05) is 18.0 Å². The Morgan fingerprint density at radius 1 is 1.26 bits per heavy atom. The van der Waals surface area contributed by atoms with Crippen LogP contribution in [0.15, 0.2) is 42.7 Å². The maximum Gasteiger partial charge on any atom is 0.251 e. The number of fused-ring (bicyclic) bond motifs is 1. The molecule has 0 spiro atoms. The van der Waals surface area contributed by atoms with E-state index in [4.69, 9.17) is 5.73 Å². The molecule has 2 heterocycles. The van der Waals surface area contributed by atoms with E-state index in [1.54, 1.807) is 10.7 Å². The van der Waals surface area contributed by atoms with Crippen LogP contribution < -0.4 is 5.73 Å². The molecule has 2 aromatic heterocycles. The van der Waals surface area contributed by atoms with Crippen molar-refractivity contribution >= 4 is 11.6 Å². The van der Waals surface area contributed by atoms with Gasteiger partial charge in [-0.25, -0.2) is 9.50 Å². The highest BCUT2D eigenvalue weighted by Gasteiger charge is 2.13. The molecule has 0 aliphatic heterocycles. The highest BCUT2D eigenvalue weighted by Crippen LogP contribution is 2.26. The molecule has 0 radical (unpaired) electrons. The number of carbonyl (C=O) groups is 1. The van der Waals surface area contributed by atoms with Crippen LogP contribution in [0.5, 0.6) is 0 Å². The zero-order chi connectivity index (χ0) is 13.4. The molecule has 0 saturated carbocycles. The molecule has 2 N–H and O–H groups in total. The molecule has 0 aliphatic rings. The third kappa shape index (κ3) is 1.85. The zero-order valence-corrected chi connectivity index (χ0v) is 10.4. The Bertz CT molecular complexity index is 762. The van der Waals surface area contributed by atoms with Crippen molar-refractivity contribution in [3.8, 4) is 11.1 Å². The summed E-state index contributed by atoms with van der Waals surface area (Å²) in [7, 11) is 0. The van der Waals surface area contributed by atoms with Gasteiger partial charge >= 0.3 is 0 Å². The normalized spacial score (nSPS) is 10.8. The van der Waals surface area contributed by atoms with Gasteiger partial charge in [-0.15, -0.1) is 0 Å². The predicted octanol–water partition coefficient (Wildman–Crippen LogP) is 1.80. The summed E-state index contributed by atoms with van der Waals surface area (Å²) in [6.07, 6.45) is 3.08. The van der Waals surface area contributed by atoms with Crippen molar-refractivity contribution in [3.05, 3.63) is 54.0 Å². The summed E-state index contributed by atoms with van der Waals surface area (Å²) in [5.74, 6) is -0.510. The first-order valence-electron chi connectivity index (χ1n) is 5.87. The Kier molecular flexibility index (Phi) is 2.52. The van der Waals surface area contributed by atoms with Crippen LogP contribution in [0.3, 0.4) is 0 Å². The van der Waals surface area contributed by atoms with Crippen molar-refractivity contribution in [1.82, 2.24) is 14.6 Å². The zero-order valence-electron chi connectivity index (χ0n) is 10.4. The molecule has 1 aromatic carbocycles. The number of benzene rings is 1. The van der Waals surface area contributed by atoms with Crippen LogP contribution in [0.1, 0.15) is 16.1 Å². The lowest BCUT2D eigenvalue weighted by Crippen LogP contribution is -2.12. The number of primary amides is 1. The van der Waals surface area contributed by atoms with E-state index in [2.05, 4.69) is 10.1 Å². The van der Waals surface area contributed by atoms with Crippen LogP contribution in [-0.4, -0.2) is 20.5 Å². The molecular formula is C14H12N4O. The van der Waals surface area contributed by atoms with Crippen LogP contribution in [0.2, 0.25) is 0 Å². The van der Waals surface area contributed by atoms with Gasteiger partial charge in [0.25, 0.3) is 5.91 Å². The van der Waals surface area contributed by atoms with Crippen LogP contribution in [0, 0.1) is 6.92 Å². The van der Waals surface area contributed by atoms with Gasteiger partial charge in [-0.05, 0) is 12.5 Å². The number of aryl methyl sites for hydroxylation is 1. The minimum Gasteiger partial charge on any atom is -0.366 e. The molecule has 0 bridgehead atoms. The average molecular weight is 252 g/mol. The van der Waals surface area contributed by atoms with Crippen molar-refractivity contribution in [2.24, 2.45) is 5.73 Å². The molecule has 1 amide bonds. The number of hydrogen-bond acceptors (Lipinski definition) is 3. The number of nitrogens with two attached hydrogens (primary N) is 1. The second-order valence-electron chi connectivity index (χ2n) is 4.30. The average Bonchev–Trinajstić information content (AvgIpc) is 2.74. The molecular weight excluding hydrogens is 240 g/mol. The van der Waals surface area contributed by atoms with Gasteiger partial charge in [0.15, 0.2) is 5.65 Å². The van der Waals surface area contributed by atoms with Gasteiger partial charge < -0.3 is 5.73 Å². The molecule has 0 unspecified atom stereocenters. The number of carbonyl (C=O) groups excluding carboxylic acids is 1. The third-order valence-electron chi connectivity index (χ3n) is 2.99. The summed E-state index contributed by atoms with van der Waals surface area (Å²) in [6.45, 7) is 1.92. The van der Waals surface area contributed by atoms with Crippen molar-refractivity contribution in [1.29, 1.82) is 0 Å². The van der Waals surface area contributed by atoms with Gasteiger partial charge in [0.2, 0.25) is 0 Å². The van der Waals surface area contributed by atoms with Crippen molar-refractivity contribution in [3.63, 3.8) is 0 Å². The van der Waals surface area contributed by atoms with E-state index >= 15 is 0 Å². The molecule has 5 heteroatoms. The summed E-state index contributed by atoms with van der Waals surface area (Å²) >= 11 is 0.